The molecule has 0 saturated carbocycles. The fourth-order valence-corrected chi connectivity index (χ4v) is 0.500. The van der Waals surface area contributed by atoms with Crippen molar-refractivity contribution >= 4 is 12.7 Å². The lowest BCUT2D eigenvalue weighted by Gasteiger charge is -2.09. The van der Waals surface area contributed by atoms with Gasteiger partial charge in [0.05, 0.1) is 0 Å². The maximum atomic E-state index is 5.13. The van der Waals surface area contributed by atoms with E-state index in [4.69, 9.17) is 4.74 Å². The summed E-state index contributed by atoms with van der Waals surface area (Å²) in [6.07, 6.45) is 0. The van der Waals surface area contributed by atoms with Crippen LogP contribution in [0.2, 0.25) is 0 Å². The second kappa shape index (κ2) is 5.85. The highest BCUT2D eigenvalue weighted by atomic mass is 16.5. The second-order valence-corrected chi connectivity index (χ2v) is 2.32. The lowest BCUT2D eigenvalue weighted by atomic mass is 10.6. The first-order chi connectivity index (χ1) is 5.20. The summed E-state index contributed by atoms with van der Waals surface area (Å²) in [5, 5.41) is 0. The van der Waals surface area contributed by atoms with Gasteiger partial charge in [-0.05, 0) is 20.8 Å². The number of hydrogen-bond acceptors (Lipinski definition) is 3. The highest BCUT2D eigenvalue weighted by Crippen LogP contribution is 1.83. The summed E-state index contributed by atoms with van der Waals surface area (Å²) < 4.78 is 5.13. The molecule has 0 bridgehead atoms. The molecular formula is C7H15N3O. The number of ether oxygens (including phenoxy) is 1. The number of aliphatic imine (C=N–C) groups is 2. The molecule has 0 saturated heterocycles. The van der Waals surface area contributed by atoms with Crippen LogP contribution in [0.4, 0.5) is 0 Å². The fourth-order valence-electron chi connectivity index (χ4n) is 0.500. The largest absolute Gasteiger partial charge is 0.462 e. The summed E-state index contributed by atoms with van der Waals surface area (Å²) in [6, 6.07) is 0.354. The van der Waals surface area contributed by atoms with Crippen LogP contribution >= 0.6 is 0 Å². The van der Waals surface area contributed by atoms with Gasteiger partial charge in [0.2, 0.25) is 0 Å². The molecule has 4 nitrogen and oxygen atoms in total. The van der Waals surface area contributed by atoms with Gasteiger partial charge in [-0.15, -0.1) is 0 Å². The van der Waals surface area contributed by atoms with Crippen molar-refractivity contribution < 1.29 is 4.74 Å². The van der Waals surface area contributed by atoms with Crippen LogP contribution in [0, 0.1) is 0 Å². The Balaban J connectivity index is 3.45. The zero-order valence-corrected chi connectivity index (χ0v) is 7.37. The number of likely N-dealkylation sites (N-methyl/N-ethyl adjacent to an activating group) is 1. The van der Waals surface area contributed by atoms with Crippen LogP contribution in [-0.2, 0) is 4.74 Å². The van der Waals surface area contributed by atoms with Gasteiger partial charge in [0.1, 0.15) is 6.61 Å². The van der Waals surface area contributed by atoms with Crippen molar-refractivity contribution in [2.24, 2.45) is 9.98 Å². The average molecular weight is 157 g/mol. The van der Waals surface area contributed by atoms with Crippen molar-refractivity contribution in [3.8, 4) is 0 Å². The van der Waals surface area contributed by atoms with Crippen molar-refractivity contribution in [2.45, 2.75) is 0 Å². The highest BCUT2D eigenvalue weighted by Gasteiger charge is 1.94. The molecule has 0 amide bonds. The Morgan fingerprint density at radius 1 is 1.55 bits per heavy atom. The quantitative estimate of drug-likeness (QED) is 0.435. The van der Waals surface area contributed by atoms with E-state index < -0.39 is 0 Å². The molecule has 0 fully saturated rings. The van der Waals surface area contributed by atoms with E-state index in [-0.39, 0.29) is 0 Å². The molecule has 0 aliphatic heterocycles. The molecule has 0 aliphatic carbocycles. The van der Waals surface area contributed by atoms with Gasteiger partial charge < -0.3 is 9.64 Å². The Kier molecular flexibility index (Phi) is 5.37. The Labute approximate surface area is 67.6 Å². The molecule has 0 aromatic heterocycles. The molecule has 0 rings (SSSR count). The normalized spacial score (nSPS) is 11.8. The van der Waals surface area contributed by atoms with Crippen LogP contribution in [0.5, 0.6) is 0 Å². The molecular weight excluding hydrogens is 142 g/mol. The first-order valence-electron chi connectivity index (χ1n) is 3.41. The minimum atomic E-state index is 0.354. The Morgan fingerprint density at radius 2 is 2.18 bits per heavy atom. The van der Waals surface area contributed by atoms with Gasteiger partial charge in [-0.2, -0.15) is 0 Å². The minimum absolute atomic E-state index is 0.354. The first kappa shape index (κ1) is 10.1. The van der Waals surface area contributed by atoms with Crippen molar-refractivity contribution in [3.63, 3.8) is 0 Å². The Hall–Kier alpha value is -0.900. The van der Waals surface area contributed by atoms with Gasteiger partial charge in [-0.1, -0.05) is 0 Å². The van der Waals surface area contributed by atoms with Crippen molar-refractivity contribution in [2.75, 3.05) is 34.3 Å². The topological polar surface area (TPSA) is 37.2 Å². The highest BCUT2D eigenvalue weighted by molar-refractivity contribution is 5.78. The van der Waals surface area contributed by atoms with E-state index in [2.05, 4.69) is 16.7 Å². The Morgan fingerprint density at radius 3 is 2.55 bits per heavy atom. The maximum absolute atomic E-state index is 5.13. The van der Waals surface area contributed by atoms with E-state index in [1.54, 1.807) is 7.05 Å². The van der Waals surface area contributed by atoms with Crippen molar-refractivity contribution in [1.29, 1.82) is 0 Å². The number of rotatable bonds is 3. The molecule has 0 radical (unpaired) electrons. The summed E-state index contributed by atoms with van der Waals surface area (Å²) in [7, 11) is 5.58. The molecule has 64 valence electrons. The van der Waals surface area contributed by atoms with E-state index in [0.717, 1.165) is 6.54 Å². The molecule has 0 aromatic carbocycles. The number of nitrogens with zero attached hydrogens (tertiary/aromatic N) is 3. The third-order valence-electron chi connectivity index (χ3n) is 1.10. The summed E-state index contributed by atoms with van der Waals surface area (Å²) in [5.41, 5.74) is 0. The van der Waals surface area contributed by atoms with E-state index in [0.29, 0.717) is 12.6 Å². The summed E-state index contributed by atoms with van der Waals surface area (Å²) in [6.45, 7) is 4.76. The smallest absolute Gasteiger partial charge is 0.310 e. The molecule has 11 heavy (non-hydrogen) atoms. The summed E-state index contributed by atoms with van der Waals surface area (Å²) >= 11 is 0. The van der Waals surface area contributed by atoms with Gasteiger partial charge in [0.15, 0.2) is 0 Å². The number of amidine groups is 1. The maximum Gasteiger partial charge on any atom is 0.310 e. The van der Waals surface area contributed by atoms with Crippen LogP contribution in [0.15, 0.2) is 9.98 Å². The van der Waals surface area contributed by atoms with E-state index in [1.165, 1.54) is 0 Å². The molecule has 0 heterocycles. The lowest BCUT2D eigenvalue weighted by molar-refractivity contribution is 0.248. The van der Waals surface area contributed by atoms with Crippen molar-refractivity contribution in [1.82, 2.24) is 4.90 Å². The molecule has 0 spiro atoms. The van der Waals surface area contributed by atoms with Gasteiger partial charge >= 0.3 is 6.02 Å². The monoisotopic (exact) mass is 157 g/mol. The minimum Gasteiger partial charge on any atom is -0.462 e. The molecule has 4 heteroatoms. The summed E-state index contributed by atoms with van der Waals surface area (Å²) in [4.78, 5) is 9.34. The molecule has 0 atom stereocenters. The van der Waals surface area contributed by atoms with Gasteiger partial charge in [-0.25, -0.2) is 9.98 Å². The van der Waals surface area contributed by atoms with Gasteiger partial charge in [-0.3, -0.25) is 0 Å². The van der Waals surface area contributed by atoms with Gasteiger partial charge in [0.25, 0.3) is 0 Å². The second-order valence-electron chi connectivity index (χ2n) is 2.32. The number of hydrogen-bond donors (Lipinski definition) is 0. The zero-order chi connectivity index (χ0) is 8.69. The van der Waals surface area contributed by atoms with Crippen LogP contribution in [0.1, 0.15) is 0 Å². The predicted octanol–water partition coefficient (Wildman–Crippen LogP) is 0.251. The lowest BCUT2D eigenvalue weighted by Crippen LogP contribution is -2.19. The third kappa shape index (κ3) is 5.54. The van der Waals surface area contributed by atoms with Crippen molar-refractivity contribution in [3.05, 3.63) is 0 Å². The summed E-state index contributed by atoms with van der Waals surface area (Å²) in [5.74, 6) is 0. The van der Waals surface area contributed by atoms with Crippen LogP contribution in [-0.4, -0.2) is 51.9 Å². The van der Waals surface area contributed by atoms with Crippen LogP contribution in [0.3, 0.4) is 0 Å². The van der Waals surface area contributed by atoms with E-state index >= 15 is 0 Å². The van der Waals surface area contributed by atoms with E-state index in [9.17, 15) is 0 Å². The molecule has 0 aromatic rings. The molecule has 0 aliphatic rings. The average Bonchev–Trinajstić information content (AvgIpc) is 1.98. The Bertz CT molecular complexity index is 143. The first-order valence-corrected chi connectivity index (χ1v) is 3.41. The predicted molar refractivity (Wildman–Crippen MR) is 47.4 cm³/mol. The zero-order valence-electron chi connectivity index (χ0n) is 7.37. The molecule has 0 unspecified atom stereocenters. The SMILES string of the molecule is C=N/C(=N\C)OCCN(C)C. The third-order valence-corrected chi connectivity index (χ3v) is 1.10. The van der Waals surface area contributed by atoms with Crippen LogP contribution < -0.4 is 0 Å². The standard InChI is InChI=1S/C7H15N3O/c1-8-7(9-2)11-6-5-10(3)4/h1,5-6H2,2-4H3/b9-7+. The van der Waals surface area contributed by atoms with Crippen LogP contribution in [0.25, 0.3) is 0 Å². The fraction of sp³-hybridized carbons (Fsp3) is 0.714. The van der Waals surface area contributed by atoms with Gasteiger partial charge in [0, 0.05) is 13.6 Å². The van der Waals surface area contributed by atoms with E-state index in [1.807, 2.05) is 19.0 Å². The molecule has 0 N–H and O–H groups in total.